The summed E-state index contributed by atoms with van der Waals surface area (Å²) in [7, 11) is 0. The Labute approximate surface area is 192 Å². The Balaban J connectivity index is 1.33. The minimum absolute atomic E-state index is 0.187. The van der Waals surface area contributed by atoms with Crippen molar-refractivity contribution in [3.8, 4) is 5.88 Å². The fourth-order valence-corrected chi connectivity index (χ4v) is 4.09. The van der Waals surface area contributed by atoms with Crippen molar-refractivity contribution in [1.82, 2.24) is 23.6 Å². The molecule has 4 rings (SSSR count). The van der Waals surface area contributed by atoms with Crippen molar-refractivity contribution >= 4 is 58.4 Å². The summed E-state index contributed by atoms with van der Waals surface area (Å²) >= 11 is 13.0. The van der Waals surface area contributed by atoms with Crippen LogP contribution in [0, 0.1) is 0 Å². The van der Waals surface area contributed by atoms with Gasteiger partial charge in [-0.15, -0.1) is 4.37 Å². The number of nitrogen functional groups attached to an aromatic ring is 1. The minimum atomic E-state index is -0.216. The number of anilines is 3. The summed E-state index contributed by atoms with van der Waals surface area (Å²) in [5, 5.41) is 3.74. The molecule has 162 valence electrons. The first-order valence-corrected chi connectivity index (χ1v) is 10.8. The van der Waals surface area contributed by atoms with E-state index < -0.39 is 0 Å². The van der Waals surface area contributed by atoms with Gasteiger partial charge >= 0.3 is 6.03 Å². The number of rotatable bonds is 5. The number of hydrogen-bond acceptors (Lipinski definition) is 9. The maximum absolute atomic E-state index is 12.6. The molecule has 1 aliphatic heterocycles. The summed E-state index contributed by atoms with van der Waals surface area (Å²) < 4.78 is 14.4. The van der Waals surface area contributed by atoms with Crippen LogP contribution in [0.5, 0.6) is 5.88 Å². The maximum Gasteiger partial charge on any atom is 0.321 e. The Morgan fingerprint density at radius 2 is 1.90 bits per heavy atom. The molecule has 2 aromatic heterocycles. The molecule has 0 atom stereocenters. The molecule has 0 radical (unpaired) electrons. The summed E-state index contributed by atoms with van der Waals surface area (Å²) in [5.74, 6) is 1.26. The van der Waals surface area contributed by atoms with Crippen LogP contribution < -0.4 is 20.7 Å². The van der Waals surface area contributed by atoms with E-state index in [1.807, 2.05) is 4.90 Å². The summed E-state index contributed by atoms with van der Waals surface area (Å²) in [5.41, 5.74) is 6.79. The Kier molecular flexibility index (Phi) is 6.54. The molecule has 0 unspecified atom stereocenters. The van der Waals surface area contributed by atoms with Crippen molar-refractivity contribution in [3.63, 3.8) is 0 Å². The number of carbonyl (C=O) groups excluding carboxylic acids is 1. The lowest BCUT2D eigenvalue weighted by Gasteiger charge is -2.34. The molecule has 3 aromatic rings. The van der Waals surface area contributed by atoms with Crippen molar-refractivity contribution < 1.29 is 9.53 Å². The summed E-state index contributed by atoms with van der Waals surface area (Å²) in [6.07, 6.45) is 1.57. The average Bonchev–Trinajstić information content (AvgIpc) is 3.20. The number of urea groups is 1. The van der Waals surface area contributed by atoms with E-state index >= 15 is 0 Å². The zero-order valence-electron chi connectivity index (χ0n) is 16.2. The molecule has 10 nitrogen and oxygen atoms in total. The average molecular weight is 481 g/mol. The Hall–Kier alpha value is -2.89. The van der Waals surface area contributed by atoms with Gasteiger partial charge in [0, 0.05) is 48.1 Å². The molecule has 0 aliphatic carbocycles. The number of carbonyl (C=O) groups is 1. The van der Waals surface area contributed by atoms with Gasteiger partial charge in [0.2, 0.25) is 11.8 Å². The first-order valence-electron chi connectivity index (χ1n) is 9.27. The lowest BCUT2D eigenvalue weighted by atomic mass is 10.3. The molecule has 0 saturated carbocycles. The van der Waals surface area contributed by atoms with Gasteiger partial charge in [0.25, 0.3) is 5.88 Å². The van der Waals surface area contributed by atoms with Crippen LogP contribution in [0.1, 0.15) is 5.69 Å². The number of hydrogen-bond donors (Lipinski definition) is 2. The monoisotopic (exact) mass is 480 g/mol. The highest BCUT2D eigenvalue weighted by atomic mass is 35.5. The molecule has 13 heteroatoms. The SMILES string of the molecule is Nc1nccc(COc2nsnc2N2CCN(C(=O)Nc3cc(Cl)cc(Cl)c3)CC2)n1. The fraction of sp³-hybridized carbons (Fsp3) is 0.278. The molecule has 0 bridgehead atoms. The van der Waals surface area contributed by atoms with Crippen LogP contribution in [0.15, 0.2) is 30.5 Å². The van der Waals surface area contributed by atoms with Crippen LogP contribution in [0.4, 0.5) is 22.2 Å². The third-order valence-corrected chi connectivity index (χ3v) is 5.45. The zero-order valence-corrected chi connectivity index (χ0v) is 18.5. The number of aromatic nitrogens is 4. The third-order valence-electron chi connectivity index (χ3n) is 4.51. The van der Waals surface area contributed by atoms with Crippen LogP contribution >= 0.6 is 34.9 Å². The highest BCUT2D eigenvalue weighted by molar-refractivity contribution is 6.99. The van der Waals surface area contributed by atoms with E-state index in [4.69, 9.17) is 33.7 Å². The van der Waals surface area contributed by atoms with Crippen LogP contribution in [0.3, 0.4) is 0 Å². The molecular weight excluding hydrogens is 463 g/mol. The first kappa shape index (κ1) is 21.3. The second kappa shape index (κ2) is 9.50. The topological polar surface area (TPSA) is 122 Å². The van der Waals surface area contributed by atoms with Crippen LogP contribution in [-0.4, -0.2) is 55.8 Å². The van der Waals surface area contributed by atoms with Gasteiger partial charge in [0.1, 0.15) is 6.61 Å². The van der Waals surface area contributed by atoms with Crippen molar-refractivity contribution in [2.24, 2.45) is 0 Å². The lowest BCUT2D eigenvalue weighted by Crippen LogP contribution is -2.50. The van der Waals surface area contributed by atoms with Crippen LogP contribution in [0.25, 0.3) is 0 Å². The van der Waals surface area contributed by atoms with Crippen molar-refractivity contribution in [2.75, 3.05) is 42.1 Å². The predicted octanol–water partition coefficient (Wildman–Crippen LogP) is 3.15. The number of halogens is 2. The van der Waals surface area contributed by atoms with Gasteiger partial charge in [0.05, 0.1) is 17.4 Å². The molecule has 31 heavy (non-hydrogen) atoms. The number of benzene rings is 1. The van der Waals surface area contributed by atoms with Crippen LogP contribution in [-0.2, 0) is 6.61 Å². The standard InChI is InChI=1S/C18H18Cl2N8O2S/c19-11-7-12(20)9-14(8-11)24-18(29)28-5-3-27(4-6-28)15-16(26-31-25-15)30-10-13-1-2-22-17(21)23-13/h1-2,7-9H,3-6,10H2,(H,24,29)(H2,21,22,23). The highest BCUT2D eigenvalue weighted by Crippen LogP contribution is 2.28. The van der Waals surface area contributed by atoms with Crippen molar-refractivity contribution in [2.45, 2.75) is 6.61 Å². The molecule has 3 N–H and O–H groups in total. The lowest BCUT2D eigenvalue weighted by molar-refractivity contribution is 0.208. The predicted molar refractivity (Wildman–Crippen MR) is 120 cm³/mol. The number of nitrogens with one attached hydrogen (secondary N) is 1. The minimum Gasteiger partial charge on any atom is -0.468 e. The fourth-order valence-electron chi connectivity index (χ4n) is 3.05. The van der Waals surface area contributed by atoms with Gasteiger partial charge in [-0.3, -0.25) is 0 Å². The number of nitrogens with two attached hydrogens (primary N) is 1. The van der Waals surface area contributed by atoms with Crippen molar-refractivity contribution in [3.05, 3.63) is 46.2 Å². The largest absolute Gasteiger partial charge is 0.468 e. The van der Waals surface area contributed by atoms with Gasteiger partial charge in [0.15, 0.2) is 0 Å². The second-order valence-corrected chi connectivity index (χ2v) is 8.05. The van der Waals surface area contributed by atoms with E-state index in [-0.39, 0.29) is 18.6 Å². The Bertz CT molecular complexity index is 1050. The van der Waals surface area contributed by atoms with E-state index in [1.165, 1.54) is 0 Å². The number of amides is 2. The Morgan fingerprint density at radius 1 is 1.16 bits per heavy atom. The Morgan fingerprint density at radius 3 is 2.61 bits per heavy atom. The zero-order chi connectivity index (χ0) is 21.8. The molecule has 1 aliphatic rings. The van der Waals surface area contributed by atoms with Crippen LogP contribution in [0.2, 0.25) is 10.0 Å². The third kappa shape index (κ3) is 5.43. The van der Waals surface area contributed by atoms with Crippen molar-refractivity contribution in [1.29, 1.82) is 0 Å². The molecule has 1 aromatic carbocycles. The molecular formula is C18H18Cl2N8O2S. The normalized spacial score (nSPS) is 13.9. The maximum atomic E-state index is 12.6. The molecule has 1 saturated heterocycles. The highest BCUT2D eigenvalue weighted by Gasteiger charge is 2.25. The van der Waals surface area contributed by atoms with Gasteiger partial charge in [-0.25, -0.2) is 14.8 Å². The van der Waals surface area contributed by atoms with E-state index in [1.54, 1.807) is 35.4 Å². The molecule has 0 spiro atoms. The smallest absolute Gasteiger partial charge is 0.321 e. The molecule has 3 heterocycles. The number of nitrogens with zero attached hydrogens (tertiary/aromatic N) is 6. The van der Waals surface area contributed by atoms with E-state index in [0.29, 0.717) is 59.3 Å². The number of piperazine rings is 1. The summed E-state index contributed by atoms with van der Waals surface area (Å²) in [4.78, 5) is 24.3. The summed E-state index contributed by atoms with van der Waals surface area (Å²) in [6.45, 7) is 2.41. The molecule has 2 amide bonds. The first-order chi connectivity index (χ1) is 15.0. The van der Waals surface area contributed by atoms with Gasteiger partial charge < -0.3 is 25.6 Å². The van der Waals surface area contributed by atoms with Gasteiger partial charge in [-0.2, -0.15) is 4.37 Å². The van der Waals surface area contributed by atoms with E-state index in [0.717, 1.165) is 11.7 Å². The quantitative estimate of drug-likeness (QED) is 0.570. The van der Waals surface area contributed by atoms with E-state index in [9.17, 15) is 4.79 Å². The van der Waals surface area contributed by atoms with E-state index in [2.05, 4.69) is 24.0 Å². The number of ether oxygens (including phenoxy) is 1. The summed E-state index contributed by atoms with van der Waals surface area (Å²) in [6, 6.07) is 6.42. The molecule has 1 fully saturated rings. The van der Waals surface area contributed by atoms with Gasteiger partial charge in [-0.05, 0) is 24.3 Å². The second-order valence-electron chi connectivity index (χ2n) is 6.65. The van der Waals surface area contributed by atoms with Gasteiger partial charge in [-0.1, -0.05) is 23.2 Å².